The van der Waals surface area contributed by atoms with Crippen LogP contribution in [0.3, 0.4) is 0 Å². The topological polar surface area (TPSA) is 63.1 Å². The van der Waals surface area contributed by atoms with Crippen LogP contribution in [0.5, 0.6) is 0 Å². The van der Waals surface area contributed by atoms with Crippen molar-refractivity contribution in [2.75, 3.05) is 19.6 Å². The van der Waals surface area contributed by atoms with Gasteiger partial charge >= 0.3 is 0 Å². The molecule has 1 N–H and O–H groups in total. The fourth-order valence-corrected chi connectivity index (χ4v) is 4.40. The molecule has 1 aliphatic heterocycles. The van der Waals surface area contributed by atoms with Crippen molar-refractivity contribution in [1.29, 1.82) is 0 Å². The molecule has 0 radical (unpaired) electrons. The number of carbonyl (C=O) groups is 1. The highest BCUT2D eigenvalue weighted by molar-refractivity contribution is 7.15. The lowest BCUT2D eigenvalue weighted by atomic mass is 10.1. The maximum atomic E-state index is 13.4. The lowest BCUT2D eigenvalue weighted by Gasteiger charge is -2.34. The molecular weight excluding hydrogens is 429 g/mol. The summed E-state index contributed by atoms with van der Waals surface area (Å²) in [5.41, 5.74) is 2.32. The third-order valence-electron chi connectivity index (χ3n) is 5.04. The number of aromatic nitrogens is 3. The molecular formula is C20H27Cl2N5OS. The number of fused-ring (bicyclic) bond motifs is 1. The van der Waals surface area contributed by atoms with Crippen molar-refractivity contribution < 1.29 is 4.79 Å². The first-order valence-corrected chi connectivity index (χ1v) is 10.2. The number of pyridine rings is 1. The highest BCUT2D eigenvalue weighted by atomic mass is 35.5. The molecule has 0 bridgehead atoms. The van der Waals surface area contributed by atoms with Gasteiger partial charge in [0.25, 0.3) is 5.91 Å². The molecule has 0 aliphatic carbocycles. The molecule has 1 amide bonds. The summed E-state index contributed by atoms with van der Waals surface area (Å²) < 4.78 is 1.90. The number of nitrogens with one attached hydrogen (secondary N) is 1. The molecule has 3 aromatic rings. The first-order chi connectivity index (χ1) is 13.0. The molecule has 0 aromatic carbocycles. The molecule has 158 valence electrons. The van der Waals surface area contributed by atoms with E-state index in [-0.39, 0.29) is 42.8 Å². The minimum Gasteiger partial charge on any atom is -0.333 e. The van der Waals surface area contributed by atoms with Gasteiger partial charge in [-0.3, -0.25) is 4.79 Å². The van der Waals surface area contributed by atoms with Crippen LogP contribution in [0.1, 0.15) is 42.0 Å². The number of nitrogens with zero attached hydrogens (tertiary/aromatic N) is 4. The Balaban J connectivity index is 0.00000150. The van der Waals surface area contributed by atoms with E-state index in [2.05, 4.69) is 50.2 Å². The Labute approximate surface area is 187 Å². The molecule has 4 rings (SSSR count). The van der Waals surface area contributed by atoms with Crippen LogP contribution in [0.15, 0.2) is 24.4 Å². The van der Waals surface area contributed by atoms with Crippen molar-refractivity contribution in [3.05, 3.63) is 34.8 Å². The summed E-state index contributed by atoms with van der Waals surface area (Å²) in [6.07, 6.45) is 1.78. The van der Waals surface area contributed by atoms with Gasteiger partial charge in [-0.05, 0) is 45.9 Å². The minimum atomic E-state index is 0. The van der Waals surface area contributed by atoms with Crippen molar-refractivity contribution >= 4 is 53.1 Å². The van der Waals surface area contributed by atoms with E-state index in [4.69, 9.17) is 4.98 Å². The molecule has 29 heavy (non-hydrogen) atoms. The second-order valence-corrected chi connectivity index (χ2v) is 8.73. The van der Waals surface area contributed by atoms with Gasteiger partial charge in [0, 0.05) is 36.6 Å². The molecule has 9 heteroatoms. The Morgan fingerprint density at radius 3 is 2.69 bits per heavy atom. The summed E-state index contributed by atoms with van der Waals surface area (Å²) >= 11 is 1.70. The first-order valence-electron chi connectivity index (χ1n) is 9.42. The number of hydrogen-bond donors (Lipinski definition) is 1. The van der Waals surface area contributed by atoms with Crippen LogP contribution < -0.4 is 5.32 Å². The number of thiophene rings is 1. The number of amides is 1. The Morgan fingerprint density at radius 1 is 1.31 bits per heavy atom. The van der Waals surface area contributed by atoms with Crippen LogP contribution in [0.4, 0.5) is 0 Å². The number of piperazine rings is 1. The number of aryl methyl sites for hydroxylation is 1. The summed E-state index contributed by atoms with van der Waals surface area (Å²) in [7, 11) is 0. The van der Waals surface area contributed by atoms with E-state index in [0.29, 0.717) is 5.56 Å². The number of rotatable bonds is 3. The third-order valence-corrected chi connectivity index (χ3v) is 6.06. The lowest BCUT2D eigenvalue weighted by Crippen LogP contribution is -2.52. The van der Waals surface area contributed by atoms with E-state index in [1.807, 2.05) is 15.6 Å². The van der Waals surface area contributed by atoms with E-state index in [9.17, 15) is 4.79 Å². The average Bonchev–Trinajstić information content (AvgIpc) is 3.27. The van der Waals surface area contributed by atoms with E-state index in [1.54, 1.807) is 17.5 Å². The fraction of sp³-hybridized carbons (Fsp3) is 0.450. The monoisotopic (exact) mass is 455 g/mol. The van der Waals surface area contributed by atoms with Crippen LogP contribution in [-0.2, 0) is 0 Å². The first kappa shape index (κ1) is 23.6. The molecule has 4 heterocycles. The quantitative estimate of drug-likeness (QED) is 0.638. The van der Waals surface area contributed by atoms with E-state index < -0.39 is 0 Å². The van der Waals surface area contributed by atoms with Gasteiger partial charge in [0.05, 0.1) is 27.7 Å². The highest BCUT2D eigenvalue weighted by Gasteiger charge is 2.27. The van der Waals surface area contributed by atoms with Gasteiger partial charge in [-0.2, -0.15) is 5.10 Å². The molecule has 1 fully saturated rings. The largest absolute Gasteiger partial charge is 0.333 e. The summed E-state index contributed by atoms with van der Waals surface area (Å²) in [5.74, 6) is 0.0641. The molecule has 1 atom stereocenters. The van der Waals surface area contributed by atoms with Gasteiger partial charge in [0.2, 0.25) is 0 Å². The maximum absolute atomic E-state index is 13.4. The lowest BCUT2D eigenvalue weighted by molar-refractivity contribution is 0.0658. The number of carbonyl (C=O) groups excluding carboxylic acids is 1. The predicted molar refractivity (Wildman–Crippen MR) is 124 cm³/mol. The maximum Gasteiger partial charge on any atom is 0.255 e. The van der Waals surface area contributed by atoms with Gasteiger partial charge < -0.3 is 10.2 Å². The fourth-order valence-electron chi connectivity index (χ4n) is 3.57. The summed E-state index contributed by atoms with van der Waals surface area (Å²) in [6.45, 7) is 10.7. The van der Waals surface area contributed by atoms with Gasteiger partial charge in [0.15, 0.2) is 5.65 Å². The smallest absolute Gasteiger partial charge is 0.255 e. The normalized spacial score (nSPS) is 16.6. The van der Waals surface area contributed by atoms with E-state index >= 15 is 0 Å². The molecule has 6 nitrogen and oxygen atoms in total. The second-order valence-electron chi connectivity index (χ2n) is 7.44. The van der Waals surface area contributed by atoms with Crippen molar-refractivity contribution in [1.82, 2.24) is 25.0 Å². The van der Waals surface area contributed by atoms with Crippen molar-refractivity contribution in [2.24, 2.45) is 0 Å². The Kier molecular flexibility index (Phi) is 7.67. The zero-order chi connectivity index (χ0) is 19.1. The van der Waals surface area contributed by atoms with Crippen molar-refractivity contribution in [3.8, 4) is 10.6 Å². The number of halogens is 2. The third kappa shape index (κ3) is 4.43. The molecule has 1 unspecified atom stereocenters. The SMILES string of the molecule is Cc1ccc(-c2cc(C(=O)N3CCNCC3C)c3cnn(C(C)C)c3n2)s1.Cl.Cl. The summed E-state index contributed by atoms with van der Waals surface area (Å²) in [4.78, 5) is 22.6. The van der Waals surface area contributed by atoms with Crippen LogP contribution in [0, 0.1) is 6.92 Å². The van der Waals surface area contributed by atoms with E-state index in [1.165, 1.54) is 4.88 Å². The molecule has 0 saturated carbocycles. The van der Waals surface area contributed by atoms with Crippen LogP contribution in [-0.4, -0.2) is 51.2 Å². The summed E-state index contributed by atoms with van der Waals surface area (Å²) in [6, 6.07) is 6.45. The van der Waals surface area contributed by atoms with Crippen molar-refractivity contribution in [2.45, 2.75) is 39.8 Å². The van der Waals surface area contributed by atoms with Crippen LogP contribution >= 0.6 is 36.2 Å². The Morgan fingerprint density at radius 2 is 2.07 bits per heavy atom. The van der Waals surface area contributed by atoms with Crippen LogP contribution in [0.25, 0.3) is 21.6 Å². The zero-order valence-electron chi connectivity index (χ0n) is 17.0. The number of hydrogen-bond acceptors (Lipinski definition) is 5. The van der Waals surface area contributed by atoms with Gasteiger partial charge in [-0.15, -0.1) is 36.2 Å². The Bertz CT molecular complexity index is 1000. The van der Waals surface area contributed by atoms with Crippen LogP contribution in [0.2, 0.25) is 0 Å². The van der Waals surface area contributed by atoms with Gasteiger partial charge in [-0.25, -0.2) is 9.67 Å². The predicted octanol–water partition coefficient (Wildman–Crippen LogP) is 4.33. The minimum absolute atomic E-state index is 0. The zero-order valence-corrected chi connectivity index (χ0v) is 19.5. The molecule has 1 saturated heterocycles. The molecule has 0 spiro atoms. The van der Waals surface area contributed by atoms with Gasteiger partial charge in [-0.1, -0.05) is 0 Å². The standard InChI is InChI=1S/C20H25N5OS.2ClH/c1-12(2)25-19-16(11-22-25)15(20(26)24-8-7-21-10-13(24)3)9-17(23-19)18-6-5-14(4)27-18;;/h5-6,9,11-13,21H,7-8,10H2,1-4H3;2*1H. The van der Waals surface area contributed by atoms with Crippen molar-refractivity contribution in [3.63, 3.8) is 0 Å². The summed E-state index contributed by atoms with van der Waals surface area (Å²) in [5, 5.41) is 8.69. The van der Waals surface area contributed by atoms with Gasteiger partial charge in [0.1, 0.15) is 0 Å². The Hall–Kier alpha value is -1.67. The molecule has 1 aliphatic rings. The highest BCUT2D eigenvalue weighted by Crippen LogP contribution is 2.31. The average molecular weight is 456 g/mol. The van der Waals surface area contributed by atoms with E-state index in [0.717, 1.165) is 41.2 Å². The second kappa shape index (κ2) is 9.43. The molecule has 3 aromatic heterocycles.